The van der Waals surface area contributed by atoms with Gasteiger partial charge in [0, 0.05) is 16.1 Å². The monoisotopic (exact) mass is 260 g/mol. The van der Waals surface area contributed by atoms with E-state index in [2.05, 4.69) is 50.1 Å². The van der Waals surface area contributed by atoms with Gasteiger partial charge in [-0.25, -0.2) is 4.90 Å². The third kappa shape index (κ3) is 6.34. The van der Waals surface area contributed by atoms with Crippen LogP contribution in [0.3, 0.4) is 0 Å². The molecule has 0 aliphatic carbocycles. The van der Waals surface area contributed by atoms with Crippen molar-refractivity contribution in [3.8, 4) is 6.19 Å². The van der Waals surface area contributed by atoms with Crippen LogP contribution in [-0.2, 0) is 0 Å². The lowest BCUT2D eigenvalue weighted by atomic mass is 11.0. The maximum atomic E-state index is 4.42. The minimum absolute atomic E-state index is 0.817. The molecule has 0 aromatic rings. The number of hydrogen-bond donors (Lipinski definition) is 0. The Kier molecular flexibility index (Phi) is 5.53. The highest BCUT2D eigenvalue weighted by Crippen LogP contribution is 2.36. The van der Waals surface area contributed by atoms with Gasteiger partial charge in [-0.2, -0.15) is 8.73 Å². The maximum Gasteiger partial charge on any atom is 0.332 e. The summed E-state index contributed by atoms with van der Waals surface area (Å²) in [6, 6.07) is 0. The summed E-state index contributed by atoms with van der Waals surface area (Å²) < 4.78 is 4.42. The summed E-state index contributed by atoms with van der Waals surface area (Å²) in [5.74, 6) is 0. The van der Waals surface area contributed by atoms with Crippen molar-refractivity contribution in [2.75, 3.05) is 14.1 Å². The molecule has 0 bridgehead atoms. The Labute approximate surface area is 99.1 Å². The lowest BCUT2D eigenvalue weighted by Gasteiger charge is -2.42. The summed E-state index contributed by atoms with van der Waals surface area (Å²) in [5.41, 5.74) is 0. The van der Waals surface area contributed by atoms with Crippen molar-refractivity contribution in [3.63, 3.8) is 0 Å². The zero-order valence-corrected chi connectivity index (χ0v) is 14.3. The molecule has 88 valence electrons. The van der Waals surface area contributed by atoms with E-state index in [0.717, 1.165) is 4.91 Å². The van der Waals surface area contributed by atoms with E-state index in [9.17, 15) is 0 Å². The van der Waals surface area contributed by atoms with Crippen molar-refractivity contribution in [2.24, 2.45) is 0 Å². The lowest BCUT2D eigenvalue weighted by molar-refractivity contribution is 0.596. The van der Waals surface area contributed by atoms with Gasteiger partial charge < -0.3 is 4.62 Å². The van der Waals surface area contributed by atoms with Crippen molar-refractivity contribution >= 4 is 24.9 Å². The summed E-state index contributed by atoms with van der Waals surface area (Å²) in [6.45, 7) is 14.7. The van der Waals surface area contributed by atoms with Gasteiger partial charge in [-0.15, -0.1) is 4.91 Å². The van der Waals surface area contributed by atoms with Gasteiger partial charge in [-0.05, 0) is 0 Å². The molecule has 0 spiro atoms. The fourth-order valence-electron chi connectivity index (χ4n) is 1.82. The predicted octanol–water partition coefficient (Wildman–Crippen LogP) is 3.82. The minimum Gasteiger partial charge on any atom is -0.392 e. The molecule has 0 rings (SSSR count). The van der Waals surface area contributed by atoms with Gasteiger partial charge in [0.05, 0.1) is 14.1 Å². The Morgan fingerprint density at radius 2 is 1.40 bits per heavy atom. The third-order valence-electron chi connectivity index (χ3n) is 2.06. The van der Waals surface area contributed by atoms with Crippen molar-refractivity contribution in [1.82, 2.24) is 4.90 Å². The third-order valence-corrected chi connectivity index (χ3v) is 16.3. The van der Waals surface area contributed by atoms with E-state index in [1.54, 1.807) is 0 Å². The van der Waals surface area contributed by atoms with Gasteiger partial charge in [0.25, 0.3) is 0 Å². The maximum absolute atomic E-state index is 4.42. The highest BCUT2D eigenvalue weighted by molar-refractivity contribution is 7.50. The SMILES string of the molecule is CN(C)C#[N+][P-]C([Si](C)(C)C)[Si](C)(C)C. The second kappa shape index (κ2) is 5.47. The van der Waals surface area contributed by atoms with Gasteiger partial charge >= 0.3 is 6.19 Å². The predicted molar refractivity (Wildman–Crippen MR) is 78.3 cm³/mol. The molecule has 5 heteroatoms. The molecule has 0 aromatic heterocycles. The van der Waals surface area contributed by atoms with Crippen molar-refractivity contribution in [2.45, 2.75) is 44.2 Å². The first kappa shape index (κ1) is 15.2. The van der Waals surface area contributed by atoms with Gasteiger partial charge in [-0.3, -0.25) is 0 Å². The van der Waals surface area contributed by atoms with E-state index in [-0.39, 0.29) is 0 Å². The van der Waals surface area contributed by atoms with E-state index < -0.39 is 16.1 Å². The lowest BCUT2D eigenvalue weighted by Crippen LogP contribution is -2.50. The molecule has 0 amide bonds. The van der Waals surface area contributed by atoms with E-state index in [1.165, 1.54) is 8.73 Å². The molecular weight excluding hydrogens is 235 g/mol. The first-order chi connectivity index (χ1) is 6.55. The fourth-order valence-corrected chi connectivity index (χ4v) is 15.7. The topological polar surface area (TPSA) is 7.60 Å². The van der Waals surface area contributed by atoms with Crippen LogP contribution in [0.4, 0.5) is 0 Å². The van der Waals surface area contributed by atoms with Crippen molar-refractivity contribution < 1.29 is 0 Å². The molecule has 0 fully saturated rings. The van der Waals surface area contributed by atoms with E-state index in [0.29, 0.717) is 0 Å². The van der Waals surface area contributed by atoms with Crippen LogP contribution in [0.5, 0.6) is 0 Å². The highest BCUT2D eigenvalue weighted by Gasteiger charge is 2.31. The molecule has 0 saturated carbocycles. The van der Waals surface area contributed by atoms with Gasteiger partial charge in [0.1, 0.15) is 0 Å². The molecule has 15 heavy (non-hydrogen) atoms. The quantitative estimate of drug-likeness (QED) is 0.324. The molecule has 0 saturated heterocycles. The molecule has 0 unspecified atom stereocenters. The number of nitrogens with zero attached hydrogens (tertiary/aromatic N) is 2. The summed E-state index contributed by atoms with van der Waals surface area (Å²) >= 11 is 0. The van der Waals surface area contributed by atoms with Gasteiger partial charge in [0.15, 0.2) is 0 Å². The molecular formula is C10H25N2PSi2. The second-order valence-electron chi connectivity index (χ2n) is 6.34. The van der Waals surface area contributed by atoms with Crippen LogP contribution in [0, 0.1) is 6.19 Å². The summed E-state index contributed by atoms with van der Waals surface area (Å²) in [6.07, 6.45) is 3.01. The second-order valence-corrected chi connectivity index (χ2v) is 19.5. The molecule has 0 aromatic carbocycles. The molecule has 2 nitrogen and oxygen atoms in total. The smallest absolute Gasteiger partial charge is 0.332 e. The van der Waals surface area contributed by atoms with Crippen LogP contribution in [0.15, 0.2) is 0 Å². The van der Waals surface area contributed by atoms with Crippen LogP contribution >= 0.6 is 8.73 Å². The summed E-state index contributed by atoms with van der Waals surface area (Å²) in [5, 5.41) is 0. The van der Waals surface area contributed by atoms with E-state index >= 15 is 0 Å². The number of rotatable bonds is 3. The highest BCUT2D eigenvalue weighted by atomic mass is 31.1. The van der Waals surface area contributed by atoms with Crippen LogP contribution in [0.2, 0.25) is 39.3 Å². The molecule has 0 radical (unpaired) electrons. The molecule has 0 aliphatic heterocycles. The zero-order chi connectivity index (χ0) is 12.3. The van der Waals surface area contributed by atoms with Gasteiger partial charge in [0.2, 0.25) is 0 Å². The Morgan fingerprint density at radius 1 is 1.00 bits per heavy atom. The fraction of sp³-hybridized carbons (Fsp3) is 0.900. The van der Waals surface area contributed by atoms with Crippen LogP contribution in [-0.4, -0.2) is 40.0 Å². The van der Waals surface area contributed by atoms with Gasteiger partial charge in [-0.1, -0.05) is 39.3 Å². The molecule has 0 aliphatic rings. The standard InChI is InChI=1S/C10H25N2PSi2/c1-12(2)9-11-13-10(14(3,4)5)15(6,7)8/h10H,1-8H3. The summed E-state index contributed by atoms with van der Waals surface area (Å²) in [7, 11) is 2.98. The average molecular weight is 260 g/mol. The Bertz CT molecular complexity index is 241. The Morgan fingerprint density at radius 3 is 1.67 bits per heavy atom. The van der Waals surface area contributed by atoms with Crippen molar-refractivity contribution in [1.29, 1.82) is 0 Å². The molecule has 0 heterocycles. The minimum atomic E-state index is -1.10. The van der Waals surface area contributed by atoms with E-state index in [4.69, 9.17) is 0 Å². The Balaban J connectivity index is 4.65. The summed E-state index contributed by atoms with van der Waals surface area (Å²) in [4.78, 5) is 2.70. The first-order valence-electron chi connectivity index (χ1n) is 5.38. The van der Waals surface area contributed by atoms with Crippen molar-refractivity contribution in [3.05, 3.63) is 4.62 Å². The zero-order valence-electron chi connectivity index (χ0n) is 11.4. The number of hydrogen-bond acceptors (Lipinski definition) is 1. The average Bonchev–Trinajstić information content (AvgIpc) is 1.92. The normalized spacial score (nSPS) is 13.1. The molecule has 0 atom stereocenters. The van der Waals surface area contributed by atoms with E-state index in [1.807, 2.05) is 19.0 Å². The Hall–Kier alpha value is 0.154. The van der Waals surface area contributed by atoms with Crippen LogP contribution < -0.4 is 0 Å². The van der Waals surface area contributed by atoms with Crippen LogP contribution in [0.1, 0.15) is 0 Å². The largest absolute Gasteiger partial charge is 0.392 e. The first-order valence-corrected chi connectivity index (χ1v) is 13.4. The molecule has 0 N–H and O–H groups in total. The van der Waals surface area contributed by atoms with Crippen LogP contribution in [0.25, 0.3) is 4.62 Å².